The highest BCUT2D eigenvalue weighted by atomic mass is 16.2. The maximum Gasteiger partial charge on any atom is 0.273 e. The Bertz CT molecular complexity index is 771. The number of nitrogen functional groups attached to an aromatic ring is 1. The molecule has 3 rings (SSSR count). The van der Waals surface area contributed by atoms with Gasteiger partial charge in [0.25, 0.3) is 5.91 Å². The lowest BCUT2D eigenvalue weighted by molar-refractivity contribution is 0.102. The molecule has 6 nitrogen and oxygen atoms in total. The van der Waals surface area contributed by atoms with Gasteiger partial charge in [-0.15, -0.1) is 0 Å². The maximum absolute atomic E-state index is 12.2. The number of hydrogen-bond donors (Lipinski definition) is 4. The van der Waals surface area contributed by atoms with Gasteiger partial charge in [0, 0.05) is 22.2 Å². The molecule has 0 spiro atoms. The van der Waals surface area contributed by atoms with E-state index in [1.807, 2.05) is 19.1 Å². The first-order valence-corrected chi connectivity index (χ1v) is 6.39. The molecule has 0 aliphatic heterocycles. The Kier molecular flexibility index (Phi) is 2.90. The van der Waals surface area contributed by atoms with E-state index in [2.05, 4.69) is 20.5 Å². The van der Waals surface area contributed by atoms with Crippen LogP contribution in [0.5, 0.6) is 0 Å². The number of nitrogens with zero attached hydrogens (tertiary/aromatic N) is 1. The Balaban J connectivity index is 1.89. The van der Waals surface area contributed by atoms with Crippen LogP contribution >= 0.6 is 0 Å². The fourth-order valence-electron chi connectivity index (χ4n) is 2.14. The number of aromatic nitrogens is 3. The molecule has 5 N–H and O–H groups in total. The Labute approximate surface area is 115 Å². The summed E-state index contributed by atoms with van der Waals surface area (Å²) in [6.07, 6.45) is 2.51. The van der Waals surface area contributed by atoms with Crippen molar-refractivity contribution < 1.29 is 4.79 Å². The number of nitrogens with two attached hydrogens (primary N) is 1. The van der Waals surface area contributed by atoms with Crippen molar-refractivity contribution in [2.24, 2.45) is 0 Å². The van der Waals surface area contributed by atoms with Crippen molar-refractivity contribution in [3.05, 3.63) is 41.7 Å². The minimum absolute atomic E-state index is 0.210. The minimum Gasteiger partial charge on any atom is -0.399 e. The van der Waals surface area contributed by atoms with Crippen LogP contribution in [0.4, 0.5) is 11.5 Å². The van der Waals surface area contributed by atoms with Crippen LogP contribution in [-0.4, -0.2) is 21.1 Å². The van der Waals surface area contributed by atoms with E-state index < -0.39 is 0 Å². The van der Waals surface area contributed by atoms with E-state index in [9.17, 15) is 4.79 Å². The highest BCUT2D eigenvalue weighted by Crippen LogP contribution is 2.19. The van der Waals surface area contributed by atoms with Crippen LogP contribution in [0.1, 0.15) is 23.0 Å². The van der Waals surface area contributed by atoms with Crippen molar-refractivity contribution >= 4 is 28.3 Å². The molecule has 2 aromatic heterocycles. The van der Waals surface area contributed by atoms with Crippen LogP contribution in [-0.2, 0) is 6.42 Å². The van der Waals surface area contributed by atoms with E-state index in [0.29, 0.717) is 17.2 Å². The number of benzene rings is 1. The van der Waals surface area contributed by atoms with Gasteiger partial charge in [-0.3, -0.25) is 9.89 Å². The van der Waals surface area contributed by atoms with Crippen LogP contribution in [0.2, 0.25) is 0 Å². The number of aryl methyl sites for hydroxylation is 1. The Morgan fingerprint density at radius 1 is 1.40 bits per heavy atom. The lowest BCUT2D eigenvalue weighted by Gasteiger charge is -2.02. The number of anilines is 2. The summed E-state index contributed by atoms with van der Waals surface area (Å²) < 4.78 is 0. The van der Waals surface area contributed by atoms with E-state index in [1.54, 1.807) is 18.3 Å². The smallest absolute Gasteiger partial charge is 0.273 e. The van der Waals surface area contributed by atoms with Crippen LogP contribution in [0.15, 0.2) is 30.5 Å². The second kappa shape index (κ2) is 4.73. The highest BCUT2D eigenvalue weighted by Gasteiger charge is 2.12. The van der Waals surface area contributed by atoms with E-state index in [0.717, 1.165) is 22.9 Å². The van der Waals surface area contributed by atoms with Gasteiger partial charge in [-0.05, 0) is 30.7 Å². The number of fused-ring (bicyclic) bond motifs is 1. The molecule has 0 saturated heterocycles. The van der Waals surface area contributed by atoms with Gasteiger partial charge in [-0.25, -0.2) is 0 Å². The van der Waals surface area contributed by atoms with Crippen LogP contribution in [0, 0.1) is 0 Å². The zero-order valence-electron chi connectivity index (χ0n) is 11.0. The number of rotatable bonds is 3. The fraction of sp³-hybridized carbons (Fsp3) is 0.143. The van der Waals surface area contributed by atoms with Crippen molar-refractivity contribution in [2.75, 3.05) is 11.1 Å². The molecule has 0 aliphatic rings. The Morgan fingerprint density at radius 2 is 2.25 bits per heavy atom. The standard InChI is InChI=1S/C14H15N5O/c1-2-8-7-16-19-13(8)18-14(20)12-6-9-5-10(15)3-4-11(9)17-12/h3-7,17H,2,15H2,1H3,(H2,16,18,19,20). The summed E-state index contributed by atoms with van der Waals surface area (Å²) in [6.45, 7) is 2.01. The summed E-state index contributed by atoms with van der Waals surface area (Å²) >= 11 is 0. The second-order valence-electron chi connectivity index (χ2n) is 4.61. The number of amides is 1. The third-order valence-electron chi connectivity index (χ3n) is 3.23. The zero-order chi connectivity index (χ0) is 14.1. The molecule has 1 aromatic carbocycles. The van der Waals surface area contributed by atoms with Crippen LogP contribution in [0.25, 0.3) is 10.9 Å². The average Bonchev–Trinajstić information content (AvgIpc) is 3.04. The Hall–Kier alpha value is -2.76. The number of nitrogens with one attached hydrogen (secondary N) is 3. The molecular weight excluding hydrogens is 254 g/mol. The van der Waals surface area contributed by atoms with E-state index in [4.69, 9.17) is 5.73 Å². The van der Waals surface area contributed by atoms with E-state index >= 15 is 0 Å². The Morgan fingerprint density at radius 3 is 3.05 bits per heavy atom. The van der Waals surface area contributed by atoms with E-state index in [1.165, 1.54) is 0 Å². The number of aromatic amines is 2. The second-order valence-corrected chi connectivity index (χ2v) is 4.61. The number of hydrogen-bond acceptors (Lipinski definition) is 3. The topological polar surface area (TPSA) is 99.6 Å². The molecule has 102 valence electrons. The zero-order valence-corrected chi connectivity index (χ0v) is 11.0. The lowest BCUT2D eigenvalue weighted by atomic mass is 10.2. The molecule has 1 amide bonds. The predicted octanol–water partition coefficient (Wildman–Crippen LogP) is 2.29. The summed E-state index contributed by atoms with van der Waals surface area (Å²) in [5, 5.41) is 10.4. The van der Waals surface area contributed by atoms with Gasteiger partial charge >= 0.3 is 0 Å². The quantitative estimate of drug-likeness (QED) is 0.549. The van der Waals surface area contributed by atoms with Gasteiger partial charge in [-0.1, -0.05) is 6.92 Å². The summed E-state index contributed by atoms with van der Waals surface area (Å²) in [5.41, 5.74) is 8.74. The first kappa shape index (κ1) is 12.3. The van der Waals surface area contributed by atoms with Crippen molar-refractivity contribution in [3.8, 4) is 0 Å². The highest BCUT2D eigenvalue weighted by molar-refractivity contribution is 6.06. The molecule has 0 radical (unpaired) electrons. The number of carbonyl (C=O) groups is 1. The molecule has 0 aliphatic carbocycles. The summed E-state index contributed by atoms with van der Waals surface area (Å²) in [7, 11) is 0. The molecule has 0 bridgehead atoms. The van der Waals surface area contributed by atoms with Gasteiger partial charge in [0.05, 0.1) is 6.20 Å². The van der Waals surface area contributed by atoms with Gasteiger partial charge < -0.3 is 16.0 Å². The molecule has 20 heavy (non-hydrogen) atoms. The normalized spacial score (nSPS) is 10.8. The molecule has 0 saturated carbocycles. The number of carbonyl (C=O) groups excluding carboxylic acids is 1. The van der Waals surface area contributed by atoms with Gasteiger partial charge in [0.15, 0.2) is 0 Å². The molecule has 2 heterocycles. The van der Waals surface area contributed by atoms with Crippen molar-refractivity contribution in [1.82, 2.24) is 15.2 Å². The fourth-order valence-corrected chi connectivity index (χ4v) is 2.14. The summed E-state index contributed by atoms with van der Waals surface area (Å²) in [6, 6.07) is 7.26. The molecule has 0 atom stereocenters. The van der Waals surface area contributed by atoms with Crippen LogP contribution < -0.4 is 11.1 Å². The van der Waals surface area contributed by atoms with Crippen molar-refractivity contribution in [2.45, 2.75) is 13.3 Å². The average molecular weight is 269 g/mol. The minimum atomic E-state index is -0.210. The SMILES string of the molecule is CCc1cn[nH]c1NC(=O)c1cc2cc(N)ccc2[nH]1. The van der Waals surface area contributed by atoms with Crippen molar-refractivity contribution in [1.29, 1.82) is 0 Å². The first-order valence-electron chi connectivity index (χ1n) is 6.39. The predicted molar refractivity (Wildman–Crippen MR) is 78.6 cm³/mol. The lowest BCUT2D eigenvalue weighted by Crippen LogP contribution is -2.13. The van der Waals surface area contributed by atoms with Crippen LogP contribution in [0.3, 0.4) is 0 Å². The van der Waals surface area contributed by atoms with Crippen molar-refractivity contribution in [3.63, 3.8) is 0 Å². The number of H-pyrrole nitrogens is 2. The third kappa shape index (κ3) is 2.11. The molecule has 0 unspecified atom stereocenters. The summed E-state index contributed by atoms with van der Waals surface area (Å²) in [5.74, 6) is 0.425. The molecule has 3 aromatic rings. The van der Waals surface area contributed by atoms with Gasteiger partial charge in [-0.2, -0.15) is 5.10 Å². The largest absolute Gasteiger partial charge is 0.399 e. The molecule has 6 heteroatoms. The van der Waals surface area contributed by atoms with Gasteiger partial charge in [0.2, 0.25) is 0 Å². The third-order valence-corrected chi connectivity index (χ3v) is 3.23. The first-order chi connectivity index (χ1) is 9.67. The molecule has 0 fully saturated rings. The monoisotopic (exact) mass is 269 g/mol. The molecular formula is C14H15N5O. The summed E-state index contributed by atoms with van der Waals surface area (Å²) in [4.78, 5) is 15.3. The van der Waals surface area contributed by atoms with E-state index in [-0.39, 0.29) is 5.91 Å². The maximum atomic E-state index is 12.2. The van der Waals surface area contributed by atoms with Gasteiger partial charge in [0.1, 0.15) is 11.5 Å².